The average molecular weight is 643 g/mol. The summed E-state index contributed by atoms with van der Waals surface area (Å²) in [5.74, 6) is 0.426. The zero-order valence-electron chi connectivity index (χ0n) is 28.0. The molecule has 0 heterocycles. The fraction of sp³-hybridized carbons (Fsp3) is 0.297. The second kappa shape index (κ2) is 13.7. The van der Waals surface area contributed by atoms with Crippen LogP contribution in [0.15, 0.2) is 84.9 Å². The van der Waals surface area contributed by atoms with Crippen LogP contribution in [0.2, 0.25) is 0 Å². The number of rotatable bonds is 12. The molecule has 4 rings (SSSR count). The van der Waals surface area contributed by atoms with Gasteiger partial charge in [0.05, 0.1) is 39.6 Å². The number of esters is 2. The molecule has 0 radical (unpaired) electrons. The van der Waals surface area contributed by atoms with Gasteiger partial charge in [-0.1, -0.05) is 42.5 Å². The van der Waals surface area contributed by atoms with E-state index in [4.69, 9.17) is 39.9 Å². The Kier molecular flexibility index (Phi) is 10.2. The zero-order valence-corrected chi connectivity index (χ0v) is 28.0. The molecular weight excluding hydrogens is 600 g/mol. The van der Waals surface area contributed by atoms with Gasteiger partial charge in [0.25, 0.3) is 0 Å². The van der Waals surface area contributed by atoms with Gasteiger partial charge in [0.15, 0.2) is 0 Å². The molecule has 0 saturated carbocycles. The van der Waals surface area contributed by atoms with Crippen molar-refractivity contribution in [3.63, 3.8) is 0 Å². The normalized spacial score (nSPS) is 11.8. The quantitative estimate of drug-likeness (QED) is 0.139. The van der Waals surface area contributed by atoms with Gasteiger partial charge < -0.3 is 39.9 Å². The molecule has 47 heavy (non-hydrogen) atoms. The highest BCUT2D eigenvalue weighted by Gasteiger charge is 2.38. The van der Waals surface area contributed by atoms with Crippen molar-refractivity contribution < 1.29 is 38.0 Å². The number of nitrogens with two attached hydrogens (primary N) is 2. The van der Waals surface area contributed by atoms with Gasteiger partial charge in [-0.15, -0.1) is 0 Å². The molecular formula is C37H42N2O8. The predicted molar refractivity (Wildman–Crippen MR) is 178 cm³/mol. The summed E-state index contributed by atoms with van der Waals surface area (Å²) in [6.45, 7) is 6.88. The molecule has 0 saturated heterocycles. The highest BCUT2D eigenvalue weighted by atomic mass is 16.6. The molecule has 4 N–H and O–H groups in total. The molecule has 0 aliphatic heterocycles. The molecule has 0 amide bonds. The van der Waals surface area contributed by atoms with E-state index in [-0.39, 0.29) is 16.7 Å². The topological polar surface area (TPSA) is 142 Å². The molecule has 4 aromatic rings. The van der Waals surface area contributed by atoms with Crippen LogP contribution in [0.4, 0.5) is 0 Å². The lowest BCUT2D eigenvalue weighted by molar-refractivity contribution is -0.00829. The van der Waals surface area contributed by atoms with Gasteiger partial charge in [0.1, 0.15) is 39.9 Å². The molecule has 10 nitrogen and oxygen atoms in total. The van der Waals surface area contributed by atoms with Crippen molar-refractivity contribution in [2.24, 2.45) is 11.5 Å². The van der Waals surface area contributed by atoms with E-state index in [0.29, 0.717) is 39.7 Å². The van der Waals surface area contributed by atoms with Crippen LogP contribution in [0.25, 0.3) is 0 Å². The molecule has 0 aliphatic rings. The number of methoxy groups -OCH3 is 4. The minimum absolute atomic E-state index is 0.0781. The molecule has 0 aromatic heterocycles. The van der Waals surface area contributed by atoms with E-state index in [9.17, 15) is 9.59 Å². The Labute approximate surface area is 275 Å². The smallest absolute Gasteiger partial charge is 0.340 e. The zero-order chi connectivity index (χ0) is 34.6. The van der Waals surface area contributed by atoms with Crippen LogP contribution in [0.1, 0.15) is 70.7 Å². The maximum Gasteiger partial charge on any atom is 0.340 e. The van der Waals surface area contributed by atoms with Crippen molar-refractivity contribution in [3.05, 3.63) is 118 Å². The Bertz CT molecular complexity index is 1700. The standard InChI is InChI=1S/C37H42N2O8/c1-35(2,24-17-26(42-5)21-27(18-24)43-6)46-33(40)30-15-12-16-31(37(38,39)23-13-10-9-11-14-23)32(30)34(41)47-36(3,4)25-19-28(44-7)22-29(20-25)45-8/h9-22H,38-39H2,1-8H3. The number of carbonyl (C=O) groups excluding carboxylic acids is 2. The Morgan fingerprint density at radius 2 is 0.957 bits per heavy atom. The first-order valence-corrected chi connectivity index (χ1v) is 14.9. The van der Waals surface area contributed by atoms with E-state index in [1.807, 2.05) is 6.07 Å². The second-order valence-electron chi connectivity index (χ2n) is 12.0. The Morgan fingerprint density at radius 1 is 0.532 bits per heavy atom. The number of carbonyl (C=O) groups is 2. The van der Waals surface area contributed by atoms with Crippen LogP contribution in [-0.2, 0) is 26.3 Å². The average Bonchev–Trinajstić information content (AvgIpc) is 3.07. The number of ether oxygens (including phenoxy) is 6. The second-order valence-corrected chi connectivity index (χ2v) is 12.0. The molecule has 0 spiro atoms. The third kappa shape index (κ3) is 7.51. The van der Waals surface area contributed by atoms with Crippen LogP contribution < -0.4 is 30.4 Å². The van der Waals surface area contributed by atoms with Gasteiger partial charge in [0, 0.05) is 28.8 Å². The highest BCUT2D eigenvalue weighted by molar-refractivity contribution is 6.05. The van der Waals surface area contributed by atoms with Crippen molar-refractivity contribution in [1.29, 1.82) is 0 Å². The van der Waals surface area contributed by atoms with E-state index in [1.54, 1.807) is 100 Å². The molecule has 0 aliphatic carbocycles. The first-order chi connectivity index (χ1) is 22.2. The molecule has 0 bridgehead atoms. The monoisotopic (exact) mass is 642 g/mol. The lowest BCUT2D eigenvalue weighted by atomic mass is 9.86. The summed E-state index contributed by atoms with van der Waals surface area (Å²) in [7, 11) is 6.12. The SMILES string of the molecule is COc1cc(OC)cc(C(C)(C)OC(=O)c2cccc(C(N)(N)c3ccccc3)c2C(=O)OC(C)(C)c2cc(OC)cc(OC)c2)c1. The first-order valence-electron chi connectivity index (χ1n) is 14.9. The minimum atomic E-state index is -1.69. The van der Waals surface area contributed by atoms with Gasteiger partial charge in [0.2, 0.25) is 0 Å². The highest BCUT2D eigenvalue weighted by Crippen LogP contribution is 2.37. The number of benzene rings is 4. The van der Waals surface area contributed by atoms with E-state index < -0.39 is 28.8 Å². The van der Waals surface area contributed by atoms with Gasteiger partial charge in [-0.3, -0.25) is 0 Å². The summed E-state index contributed by atoms with van der Waals surface area (Å²) < 4.78 is 33.9. The Hall–Kier alpha value is -5.06. The maximum atomic E-state index is 14.3. The minimum Gasteiger partial charge on any atom is -0.497 e. The molecule has 4 aromatic carbocycles. The van der Waals surface area contributed by atoms with Gasteiger partial charge in [-0.25, -0.2) is 9.59 Å². The number of hydrogen-bond donors (Lipinski definition) is 2. The molecule has 0 atom stereocenters. The largest absolute Gasteiger partial charge is 0.497 e. The Morgan fingerprint density at radius 3 is 1.38 bits per heavy atom. The summed E-state index contributed by atoms with van der Waals surface area (Å²) in [5, 5.41) is 0. The van der Waals surface area contributed by atoms with Crippen molar-refractivity contribution in [1.82, 2.24) is 0 Å². The van der Waals surface area contributed by atoms with Crippen LogP contribution in [-0.4, -0.2) is 40.4 Å². The van der Waals surface area contributed by atoms with Crippen LogP contribution in [0.3, 0.4) is 0 Å². The first kappa shape index (κ1) is 34.8. The van der Waals surface area contributed by atoms with Crippen molar-refractivity contribution in [2.45, 2.75) is 44.6 Å². The molecule has 248 valence electrons. The van der Waals surface area contributed by atoms with Gasteiger partial charge in [-0.05, 0) is 63.6 Å². The fourth-order valence-corrected chi connectivity index (χ4v) is 5.15. The summed E-state index contributed by atoms with van der Waals surface area (Å²) >= 11 is 0. The fourth-order valence-electron chi connectivity index (χ4n) is 5.15. The van der Waals surface area contributed by atoms with Crippen molar-refractivity contribution in [3.8, 4) is 23.0 Å². The van der Waals surface area contributed by atoms with Gasteiger partial charge >= 0.3 is 11.9 Å². The summed E-state index contributed by atoms with van der Waals surface area (Å²) in [6, 6.07) is 23.9. The summed E-state index contributed by atoms with van der Waals surface area (Å²) in [5.41, 5.74) is 11.1. The van der Waals surface area contributed by atoms with E-state index in [2.05, 4.69) is 0 Å². The molecule has 10 heteroatoms. The third-order valence-electron chi connectivity index (χ3n) is 7.97. The Balaban J connectivity index is 1.83. The maximum absolute atomic E-state index is 14.3. The van der Waals surface area contributed by atoms with Crippen LogP contribution in [0.5, 0.6) is 23.0 Å². The van der Waals surface area contributed by atoms with E-state index in [1.165, 1.54) is 34.5 Å². The third-order valence-corrected chi connectivity index (χ3v) is 7.97. The molecule has 0 unspecified atom stereocenters. The van der Waals surface area contributed by atoms with Crippen LogP contribution in [0, 0.1) is 0 Å². The van der Waals surface area contributed by atoms with E-state index in [0.717, 1.165) is 0 Å². The van der Waals surface area contributed by atoms with Crippen molar-refractivity contribution in [2.75, 3.05) is 28.4 Å². The lowest BCUT2D eigenvalue weighted by Crippen LogP contribution is -2.48. The van der Waals surface area contributed by atoms with E-state index >= 15 is 0 Å². The summed E-state index contributed by atoms with van der Waals surface area (Å²) in [4.78, 5) is 28.4. The van der Waals surface area contributed by atoms with Gasteiger partial charge in [-0.2, -0.15) is 0 Å². The predicted octanol–water partition coefficient (Wildman–Crippen LogP) is 6.02. The number of hydrogen-bond acceptors (Lipinski definition) is 10. The van der Waals surface area contributed by atoms with Crippen molar-refractivity contribution >= 4 is 11.9 Å². The van der Waals surface area contributed by atoms with Crippen LogP contribution >= 0.6 is 0 Å². The lowest BCUT2D eigenvalue weighted by Gasteiger charge is -2.32. The molecule has 0 fully saturated rings. The summed E-state index contributed by atoms with van der Waals surface area (Å²) in [6.07, 6.45) is 0.